The Morgan fingerprint density at radius 2 is 1.68 bits per heavy atom. The highest BCUT2D eigenvalue weighted by molar-refractivity contribution is 6.40. The molecule has 3 atom stereocenters. The number of hydrogen-bond donors (Lipinski definition) is 3. The first kappa shape index (κ1) is 34.6. The smallest absolute Gasteiger partial charge is 0.220 e. The zero-order valence-corrected chi connectivity index (χ0v) is 27.8. The average molecular weight is 680 g/mol. The van der Waals surface area contributed by atoms with Gasteiger partial charge >= 0.3 is 0 Å². The van der Waals surface area contributed by atoms with Crippen molar-refractivity contribution in [2.45, 2.75) is 77.2 Å². The first-order chi connectivity index (χ1) is 22.8. The van der Waals surface area contributed by atoms with Gasteiger partial charge in [0, 0.05) is 38.4 Å². The molecule has 5 rings (SSSR count). The lowest BCUT2D eigenvalue weighted by molar-refractivity contribution is -0.252. The Morgan fingerprint density at radius 1 is 0.915 bits per heavy atom. The van der Waals surface area contributed by atoms with Crippen LogP contribution in [0.2, 0.25) is 10.3 Å². The van der Waals surface area contributed by atoms with E-state index in [2.05, 4.69) is 27.8 Å². The summed E-state index contributed by atoms with van der Waals surface area (Å²) in [6.07, 6.45) is 4.04. The van der Waals surface area contributed by atoms with Crippen LogP contribution < -0.4 is 10.6 Å². The molecule has 0 spiro atoms. The largest absolute Gasteiger partial charge is 0.392 e. The third-order valence-corrected chi connectivity index (χ3v) is 8.88. The van der Waals surface area contributed by atoms with Crippen molar-refractivity contribution in [3.8, 4) is 11.1 Å². The number of carbonyl (C=O) groups is 2. The normalized spacial score (nSPS) is 17.7. The number of halogens is 2. The van der Waals surface area contributed by atoms with E-state index in [1.807, 2.05) is 60.7 Å². The van der Waals surface area contributed by atoms with Crippen LogP contribution in [0.4, 0.5) is 0 Å². The molecule has 248 valence electrons. The monoisotopic (exact) mass is 678 g/mol. The van der Waals surface area contributed by atoms with Crippen LogP contribution in [0.1, 0.15) is 73.7 Å². The maximum atomic E-state index is 12.4. The first-order valence-corrected chi connectivity index (χ1v) is 16.6. The predicted octanol–water partition coefficient (Wildman–Crippen LogP) is 6.91. The standard InChI is InChI=1S/C36H40Cl2N4O5/c1-24(44)39-16-4-2-3-11-33(45)40-20-26-7-5-8-28(17-26)29-9-6-10-30(18-29)36-46-31(21-42-23-41-34(37)35(42)38)19-32(47-36)27-14-12-25(22-43)13-15-27/h5-10,12-15,17-18,23,31-32,36,43H,2-4,11,16,19-22H2,1H3,(H,39,44)(H,40,45)/t31-,32+,36+/m0/s1. The molecule has 47 heavy (non-hydrogen) atoms. The van der Waals surface area contributed by atoms with Crippen molar-refractivity contribution in [2.24, 2.45) is 0 Å². The highest BCUT2D eigenvalue weighted by atomic mass is 35.5. The number of ether oxygens (including phenoxy) is 2. The van der Waals surface area contributed by atoms with E-state index in [0.717, 1.165) is 52.6 Å². The van der Waals surface area contributed by atoms with Crippen molar-refractivity contribution in [2.75, 3.05) is 6.54 Å². The molecule has 1 saturated heterocycles. The number of aliphatic hydroxyl groups is 1. The van der Waals surface area contributed by atoms with Crippen LogP contribution in [0.25, 0.3) is 11.1 Å². The van der Waals surface area contributed by atoms with Gasteiger partial charge in [0.2, 0.25) is 11.8 Å². The average Bonchev–Trinajstić information content (AvgIpc) is 3.41. The third kappa shape index (κ3) is 9.89. The molecule has 0 aliphatic carbocycles. The summed E-state index contributed by atoms with van der Waals surface area (Å²) in [5.74, 6) is -0.0208. The fraction of sp³-hybridized carbons (Fsp3) is 0.361. The van der Waals surface area contributed by atoms with Gasteiger partial charge in [-0.25, -0.2) is 4.98 Å². The van der Waals surface area contributed by atoms with Crippen molar-refractivity contribution < 1.29 is 24.2 Å². The third-order valence-electron chi connectivity index (χ3n) is 8.11. The Morgan fingerprint density at radius 3 is 2.40 bits per heavy atom. The Hall–Kier alpha value is -3.73. The van der Waals surface area contributed by atoms with Crippen molar-refractivity contribution in [1.82, 2.24) is 20.2 Å². The van der Waals surface area contributed by atoms with Crippen LogP contribution >= 0.6 is 23.2 Å². The van der Waals surface area contributed by atoms with E-state index in [-0.39, 0.29) is 35.8 Å². The van der Waals surface area contributed by atoms with E-state index < -0.39 is 6.29 Å². The molecule has 1 fully saturated rings. The minimum atomic E-state index is -0.644. The molecule has 2 heterocycles. The van der Waals surface area contributed by atoms with Gasteiger partial charge in [0.15, 0.2) is 11.4 Å². The van der Waals surface area contributed by atoms with Gasteiger partial charge in [0.1, 0.15) is 5.15 Å². The number of imidazole rings is 1. The van der Waals surface area contributed by atoms with Crippen LogP contribution in [0.5, 0.6) is 0 Å². The molecule has 1 aliphatic heterocycles. The summed E-state index contributed by atoms with van der Waals surface area (Å²) in [5, 5.41) is 15.9. The summed E-state index contributed by atoms with van der Waals surface area (Å²) >= 11 is 12.5. The molecule has 1 aromatic heterocycles. The molecule has 9 nitrogen and oxygen atoms in total. The van der Waals surface area contributed by atoms with Gasteiger partial charge in [-0.15, -0.1) is 0 Å². The van der Waals surface area contributed by atoms with Crippen LogP contribution in [0.15, 0.2) is 79.1 Å². The summed E-state index contributed by atoms with van der Waals surface area (Å²) in [7, 11) is 0. The van der Waals surface area contributed by atoms with Crippen LogP contribution in [0.3, 0.4) is 0 Å². The molecule has 3 aromatic carbocycles. The molecule has 1 aliphatic rings. The first-order valence-electron chi connectivity index (χ1n) is 15.9. The lowest BCUT2D eigenvalue weighted by Gasteiger charge is -2.36. The Bertz CT molecular complexity index is 1640. The zero-order chi connectivity index (χ0) is 33.2. The van der Waals surface area contributed by atoms with E-state index in [4.69, 9.17) is 32.7 Å². The Labute approximate surface area is 285 Å². The molecule has 0 bridgehead atoms. The van der Waals surface area contributed by atoms with Crippen molar-refractivity contribution >= 4 is 35.0 Å². The molecule has 11 heteroatoms. The van der Waals surface area contributed by atoms with Gasteiger partial charge in [-0.05, 0) is 52.8 Å². The molecule has 4 aromatic rings. The second-order valence-corrected chi connectivity index (χ2v) is 12.4. The fourth-order valence-electron chi connectivity index (χ4n) is 5.59. The second kappa shape index (κ2) is 16.9. The second-order valence-electron chi connectivity index (χ2n) is 11.7. The minimum Gasteiger partial charge on any atom is -0.392 e. The summed E-state index contributed by atoms with van der Waals surface area (Å²) in [4.78, 5) is 27.5. The molecular weight excluding hydrogens is 639 g/mol. The van der Waals surface area contributed by atoms with Gasteiger partial charge in [0.05, 0.1) is 31.7 Å². The van der Waals surface area contributed by atoms with Gasteiger partial charge in [0.25, 0.3) is 0 Å². The highest BCUT2D eigenvalue weighted by Gasteiger charge is 2.33. The summed E-state index contributed by atoms with van der Waals surface area (Å²) in [5.41, 5.74) is 5.71. The molecule has 0 saturated carbocycles. The molecule has 2 amide bonds. The van der Waals surface area contributed by atoms with E-state index in [9.17, 15) is 14.7 Å². The SMILES string of the molecule is CC(=O)NCCCCCC(=O)NCc1cccc(-c2cccc([C@@H]3O[C@H](Cn4cnc(Cl)c4Cl)C[C@H](c4ccc(CO)cc4)O3)c2)c1. The number of carbonyl (C=O) groups excluding carboxylic acids is 2. The quantitative estimate of drug-likeness (QED) is 0.125. The number of aromatic nitrogens is 2. The molecule has 3 N–H and O–H groups in total. The van der Waals surface area contributed by atoms with Gasteiger partial charge in [-0.2, -0.15) is 0 Å². The Balaban J connectivity index is 1.26. The number of nitrogens with zero attached hydrogens (tertiary/aromatic N) is 2. The number of benzene rings is 3. The van der Waals surface area contributed by atoms with E-state index in [0.29, 0.717) is 37.6 Å². The molecule has 0 radical (unpaired) electrons. The topological polar surface area (TPSA) is 115 Å². The summed E-state index contributed by atoms with van der Waals surface area (Å²) < 4.78 is 14.8. The fourth-order valence-corrected chi connectivity index (χ4v) is 5.90. The number of aliphatic hydroxyl groups excluding tert-OH is 1. The van der Waals surface area contributed by atoms with Crippen molar-refractivity contribution in [3.63, 3.8) is 0 Å². The maximum absolute atomic E-state index is 12.4. The lowest BCUT2D eigenvalue weighted by Crippen LogP contribution is -2.32. The maximum Gasteiger partial charge on any atom is 0.220 e. The summed E-state index contributed by atoms with van der Waals surface area (Å²) in [6.45, 7) is 3.01. The molecule has 0 unspecified atom stereocenters. The number of amides is 2. The number of nitrogens with one attached hydrogen (secondary N) is 2. The van der Waals surface area contributed by atoms with Crippen LogP contribution in [-0.2, 0) is 38.8 Å². The van der Waals surface area contributed by atoms with Gasteiger partial charge in [-0.3, -0.25) is 9.59 Å². The highest BCUT2D eigenvalue weighted by Crippen LogP contribution is 2.39. The van der Waals surface area contributed by atoms with Crippen molar-refractivity contribution in [1.29, 1.82) is 0 Å². The van der Waals surface area contributed by atoms with Crippen LogP contribution in [0, 0.1) is 0 Å². The van der Waals surface area contributed by atoms with Crippen LogP contribution in [-0.4, -0.2) is 39.1 Å². The van der Waals surface area contributed by atoms with E-state index in [1.54, 1.807) is 10.9 Å². The van der Waals surface area contributed by atoms with Gasteiger partial charge in [-0.1, -0.05) is 90.3 Å². The lowest BCUT2D eigenvalue weighted by atomic mass is 9.98. The van der Waals surface area contributed by atoms with E-state index in [1.165, 1.54) is 6.92 Å². The Kier molecular flexibility index (Phi) is 12.4. The predicted molar refractivity (Wildman–Crippen MR) is 182 cm³/mol. The van der Waals surface area contributed by atoms with Crippen molar-refractivity contribution in [3.05, 3.63) is 112 Å². The molecular formula is C36H40Cl2N4O5. The van der Waals surface area contributed by atoms with E-state index >= 15 is 0 Å². The number of hydrogen-bond acceptors (Lipinski definition) is 6. The zero-order valence-electron chi connectivity index (χ0n) is 26.3. The number of rotatable bonds is 14. The summed E-state index contributed by atoms with van der Waals surface area (Å²) in [6, 6.07) is 23.9. The van der Waals surface area contributed by atoms with Gasteiger partial charge < -0.3 is 29.8 Å². The number of unbranched alkanes of at least 4 members (excludes halogenated alkanes) is 2. The minimum absolute atomic E-state index is 0.0119.